The van der Waals surface area contributed by atoms with Crippen molar-refractivity contribution in [2.75, 3.05) is 51.9 Å². The molecule has 0 unspecified atom stereocenters. The third-order valence-corrected chi connectivity index (χ3v) is 9.15. The zero-order chi connectivity index (χ0) is 25.0. The molecule has 3 aromatic rings. The molecule has 4 rings (SSSR count). The Morgan fingerprint density at radius 2 is 1.97 bits per heavy atom. The topological polar surface area (TPSA) is 112 Å². The number of aromatic nitrogens is 2. The molecule has 1 amide bonds. The fourth-order valence-electron chi connectivity index (χ4n) is 3.90. The van der Waals surface area contributed by atoms with E-state index in [1.165, 1.54) is 10.8 Å². The second-order valence-corrected chi connectivity index (χ2v) is 11.7. The molecule has 0 saturated carbocycles. The van der Waals surface area contributed by atoms with Crippen LogP contribution in [0.5, 0.6) is 11.5 Å². The van der Waals surface area contributed by atoms with E-state index >= 15 is 0 Å². The fraction of sp³-hybridized carbons (Fsp3) is 0.480. The summed E-state index contributed by atoms with van der Waals surface area (Å²) in [7, 11) is 1.62. The number of morpholine rings is 1. The Bertz CT molecular complexity index is 1180. The third kappa shape index (κ3) is 6.13. The van der Waals surface area contributed by atoms with Crippen LogP contribution >= 0.6 is 0 Å². The van der Waals surface area contributed by atoms with Crippen molar-refractivity contribution in [2.24, 2.45) is 5.73 Å². The molecular formula is C25H33N5O4Se. The maximum atomic E-state index is 12.2. The van der Waals surface area contributed by atoms with Gasteiger partial charge in [-0.05, 0) is 0 Å². The van der Waals surface area contributed by atoms with Gasteiger partial charge >= 0.3 is 181 Å². The van der Waals surface area contributed by atoms with Crippen LogP contribution in [0, 0.1) is 0 Å². The van der Waals surface area contributed by atoms with Crippen LogP contribution in [0.3, 0.4) is 0 Å². The molecule has 1 aliphatic heterocycles. The number of fused-ring (bicyclic) bond motifs is 1. The first kappa shape index (κ1) is 25.4. The average molecular weight is 547 g/mol. The third-order valence-electron chi connectivity index (χ3n) is 5.85. The van der Waals surface area contributed by atoms with Crippen LogP contribution in [0.2, 0.25) is 0 Å². The standard InChI is InChI=1S/C25H33N5O4Se/c1-25(2,3)21-14-18(22(35-21)23(26)31)29-24-16-12-20(19(32-4)13-17(16)27-15-28-24)34-9-5-6-30-7-10-33-11-8-30/h12-15H,5-11H2,1-4H3,(H2,26,31)(H,27,28,29). The number of ether oxygens (including phenoxy) is 3. The van der Waals surface area contributed by atoms with Crippen molar-refractivity contribution >= 4 is 42.8 Å². The Labute approximate surface area is 211 Å². The predicted molar refractivity (Wildman–Crippen MR) is 137 cm³/mol. The summed E-state index contributed by atoms with van der Waals surface area (Å²) in [5.41, 5.74) is 7.07. The minimum atomic E-state index is -0.410. The van der Waals surface area contributed by atoms with Gasteiger partial charge in [0.05, 0.1) is 13.2 Å². The monoisotopic (exact) mass is 547 g/mol. The van der Waals surface area contributed by atoms with Crippen LogP contribution < -0.4 is 20.5 Å². The molecule has 1 aliphatic rings. The number of nitrogens with two attached hydrogens (primary N) is 1. The summed E-state index contributed by atoms with van der Waals surface area (Å²) < 4.78 is 18.9. The number of amides is 1. The molecule has 10 heteroatoms. The minimum absolute atomic E-state index is 0.0481. The normalized spacial score (nSPS) is 14.7. The van der Waals surface area contributed by atoms with Crippen LogP contribution in [0.25, 0.3) is 10.9 Å². The van der Waals surface area contributed by atoms with Gasteiger partial charge in [-0.25, -0.2) is 0 Å². The van der Waals surface area contributed by atoms with Gasteiger partial charge < -0.3 is 4.74 Å². The molecule has 1 fully saturated rings. The summed E-state index contributed by atoms with van der Waals surface area (Å²) in [6.07, 6.45) is 2.39. The number of nitrogens with zero attached hydrogens (tertiary/aromatic N) is 3. The van der Waals surface area contributed by atoms with Gasteiger partial charge in [0.25, 0.3) is 0 Å². The van der Waals surface area contributed by atoms with E-state index in [4.69, 9.17) is 19.9 Å². The number of nitrogens with one attached hydrogen (secondary N) is 1. The molecule has 3 heterocycles. The molecule has 2 aromatic heterocycles. The van der Waals surface area contributed by atoms with Gasteiger partial charge in [0.1, 0.15) is 0 Å². The molecule has 0 aliphatic carbocycles. The Hall–Kier alpha value is -2.65. The number of hydrogen-bond acceptors (Lipinski definition) is 8. The Morgan fingerprint density at radius 3 is 2.66 bits per heavy atom. The first-order valence-electron chi connectivity index (χ1n) is 11.7. The van der Waals surface area contributed by atoms with Gasteiger partial charge in [0, 0.05) is 13.1 Å². The van der Waals surface area contributed by atoms with Gasteiger partial charge in [-0.15, -0.1) is 0 Å². The molecule has 0 atom stereocenters. The van der Waals surface area contributed by atoms with Crippen LogP contribution in [-0.2, 0) is 10.2 Å². The Morgan fingerprint density at radius 1 is 1.20 bits per heavy atom. The molecule has 35 heavy (non-hydrogen) atoms. The van der Waals surface area contributed by atoms with Crippen molar-refractivity contribution in [3.8, 4) is 11.5 Å². The smallest absolute Gasteiger partial charge is 0.379 e. The molecule has 0 radical (unpaired) electrons. The van der Waals surface area contributed by atoms with Gasteiger partial charge in [-0.2, -0.15) is 0 Å². The Kier molecular flexibility index (Phi) is 7.96. The number of carbonyl (C=O) groups is 1. The van der Waals surface area contributed by atoms with Gasteiger partial charge in [-0.3, -0.25) is 0 Å². The number of primary amides is 1. The molecule has 1 aromatic carbocycles. The summed E-state index contributed by atoms with van der Waals surface area (Å²) in [5, 5.41) is 4.12. The average Bonchev–Trinajstić information content (AvgIpc) is 3.27. The quantitative estimate of drug-likeness (QED) is 0.311. The van der Waals surface area contributed by atoms with Crippen molar-refractivity contribution in [1.82, 2.24) is 14.9 Å². The zero-order valence-electron chi connectivity index (χ0n) is 20.7. The zero-order valence-corrected chi connectivity index (χ0v) is 22.4. The second kappa shape index (κ2) is 11.0. The number of hydrogen-bond donors (Lipinski definition) is 2. The first-order chi connectivity index (χ1) is 16.8. The van der Waals surface area contributed by atoms with Crippen LogP contribution in [0.4, 0.5) is 11.5 Å². The molecule has 188 valence electrons. The van der Waals surface area contributed by atoms with E-state index in [0.717, 1.165) is 44.7 Å². The number of carbonyl (C=O) groups excluding carboxylic acids is 1. The van der Waals surface area contributed by atoms with Crippen molar-refractivity contribution in [3.63, 3.8) is 0 Å². The second-order valence-electron chi connectivity index (χ2n) is 9.49. The molecule has 1 saturated heterocycles. The fourth-order valence-corrected chi connectivity index (χ4v) is 6.04. The van der Waals surface area contributed by atoms with Crippen LogP contribution in [0.1, 0.15) is 40.9 Å². The van der Waals surface area contributed by atoms with E-state index < -0.39 is 5.91 Å². The van der Waals surface area contributed by atoms with Crippen molar-refractivity contribution in [2.45, 2.75) is 32.6 Å². The first-order valence-corrected chi connectivity index (χ1v) is 13.4. The summed E-state index contributed by atoms with van der Waals surface area (Å²) in [6, 6.07) is 5.77. The molecule has 9 nitrogen and oxygen atoms in total. The predicted octanol–water partition coefficient (Wildman–Crippen LogP) is 2.94. The minimum Gasteiger partial charge on any atom is -0.379 e. The van der Waals surface area contributed by atoms with Crippen molar-refractivity contribution in [1.29, 1.82) is 0 Å². The molecular weight excluding hydrogens is 513 g/mol. The van der Waals surface area contributed by atoms with E-state index in [1.807, 2.05) is 18.2 Å². The van der Waals surface area contributed by atoms with Crippen molar-refractivity contribution < 1.29 is 19.0 Å². The van der Waals surface area contributed by atoms with E-state index in [9.17, 15) is 4.79 Å². The molecule has 0 bridgehead atoms. The van der Waals surface area contributed by atoms with Crippen molar-refractivity contribution in [3.05, 3.63) is 33.4 Å². The van der Waals surface area contributed by atoms with E-state index in [0.29, 0.717) is 39.6 Å². The van der Waals surface area contributed by atoms with Gasteiger partial charge in [-0.1, -0.05) is 0 Å². The summed E-state index contributed by atoms with van der Waals surface area (Å²) in [4.78, 5) is 23.4. The SMILES string of the molecule is COc1cc2ncnc(Nc3cc(C(C)(C)C)[se]c3C(N)=O)c2cc1OCCCN1CCOCC1. The maximum absolute atomic E-state index is 12.2. The molecule has 3 N–H and O–H groups in total. The van der Waals surface area contributed by atoms with Gasteiger partial charge in [0.2, 0.25) is 0 Å². The molecule has 0 spiro atoms. The number of benzene rings is 1. The van der Waals surface area contributed by atoms with Crippen LogP contribution in [0.15, 0.2) is 24.5 Å². The van der Waals surface area contributed by atoms with E-state index in [-0.39, 0.29) is 19.9 Å². The van der Waals surface area contributed by atoms with E-state index in [1.54, 1.807) is 7.11 Å². The van der Waals surface area contributed by atoms with E-state index in [2.05, 4.69) is 41.0 Å². The summed E-state index contributed by atoms with van der Waals surface area (Å²) >= 11 is -0.132. The Balaban J connectivity index is 1.57. The number of anilines is 2. The van der Waals surface area contributed by atoms with Gasteiger partial charge in [0.15, 0.2) is 0 Å². The number of methoxy groups -OCH3 is 1. The number of rotatable bonds is 9. The summed E-state index contributed by atoms with van der Waals surface area (Å²) in [5.74, 6) is 1.43. The van der Waals surface area contributed by atoms with Crippen LogP contribution in [-0.4, -0.2) is 81.8 Å². The summed E-state index contributed by atoms with van der Waals surface area (Å²) in [6.45, 7) is 11.4.